The summed E-state index contributed by atoms with van der Waals surface area (Å²) in [6.07, 6.45) is 2.85. The Bertz CT molecular complexity index is 1300. The van der Waals surface area contributed by atoms with Gasteiger partial charge in [0.15, 0.2) is 11.6 Å². The number of rotatable bonds is 16. The van der Waals surface area contributed by atoms with Crippen molar-refractivity contribution in [1.29, 1.82) is 0 Å². The lowest BCUT2D eigenvalue weighted by molar-refractivity contribution is -0.153. The van der Waals surface area contributed by atoms with E-state index in [4.69, 9.17) is 18.9 Å². The van der Waals surface area contributed by atoms with Gasteiger partial charge >= 0.3 is 5.97 Å². The number of carbonyl (C=O) groups is 3. The number of benzene rings is 2. The van der Waals surface area contributed by atoms with Gasteiger partial charge in [-0.1, -0.05) is 26.7 Å². The maximum atomic E-state index is 13.2. The summed E-state index contributed by atoms with van der Waals surface area (Å²) in [7, 11) is 0. The van der Waals surface area contributed by atoms with Gasteiger partial charge in [0.05, 0.1) is 36.9 Å². The van der Waals surface area contributed by atoms with E-state index in [1.165, 1.54) is 13.8 Å². The van der Waals surface area contributed by atoms with Gasteiger partial charge < -0.3 is 29.2 Å². The number of fused-ring (bicyclic) bond motifs is 1. The highest BCUT2D eigenvalue weighted by atomic mass is 16.6. The molecule has 236 valence electrons. The van der Waals surface area contributed by atoms with E-state index in [-0.39, 0.29) is 23.7 Å². The summed E-state index contributed by atoms with van der Waals surface area (Å²) in [6.45, 7) is 10.9. The lowest BCUT2D eigenvalue weighted by atomic mass is 9.85. The molecule has 1 aliphatic heterocycles. The second-order valence-electron chi connectivity index (χ2n) is 11.5. The van der Waals surface area contributed by atoms with E-state index in [1.807, 2.05) is 26.8 Å². The number of phenolic OH excluding ortho intramolecular Hbond substituents is 1. The Hall–Kier alpha value is -3.59. The van der Waals surface area contributed by atoms with Crippen LogP contribution in [0.25, 0.3) is 0 Å². The number of Topliss-reactive ketones (excluding diaryl/α,β-unsaturated/α-hetero) is 2. The molecule has 0 aromatic heterocycles. The van der Waals surface area contributed by atoms with Gasteiger partial charge in [-0.3, -0.25) is 14.4 Å². The first-order valence-corrected chi connectivity index (χ1v) is 15.3. The highest BCUT2D eigenvalue weighted by Gasteiger charge is 2.39. The van der Waals surface area contributed by atoms with Crippen LogP contribution in [0.3, 0.4) is 0 Å². The van der Waals surface area contributed by atoms with E-state index in [0.717, 1.165) is 18.4 Å². The van der Waals surface area contributed by atoms with Crippen molar-refractivity contribution in [1.82, 2.24) is 0 Å². The Morgan fingerprint density at radius 1 is 1.00 bits per heavy atom. The van der Waals surface area contributed by atoms with E-state index in [1.54, 1.807) is 25.1 Å². The summed E-state index contributed by atoms with van der Waals surface area (Å²) < 4.78 is 23.9. The molecule has 9 nitrogen and oxygen atoms in total. The van der Waals surface area contributed by atoms with Crippen LogP contribution in [-0.2, 0) is 22.4 Å². The molecule has 3 atom stereocenters. The maximum Gasteiger partial charge on any atom is 0.302 e. The largest absolute Gasteiger partial charge is 0.507 e. The average molecular weight is 599 g/mol. The van der Waals surface area contributed by atoms with Gasteiger partial charge in [0.25, 0.3) is 0 Å². The molecule has 3 rings (SSSR count). The van der Waals surface area contributed by atoms with Crippen molar-refractivity contribution < 1.29 is 43.5 Å². The smallest absolute Gasteiger partial charge is 0.302 e. The summed E-state index contributed by atoms with van der Waals surface area (Å²) in [5.41, 5.74) is 1.46. The van der Waals surface area contributed by atoms with Crippen LogP contribution in [0.1, 0.15) is 112 Å². The molecule has 0 bridgehead atoms. The summed E-state index contributed by atoms with van der Waals surface area (Å²) in [5.74, 6) is 1.03. The first kappa shape index (κ1) is 33.9. The number of ketones is 2. The standard InChI is InChI=1S/C34H46O9/c1-7-10-26-30(14-12-24(21(3)35)32(26)39)40-18-9-19-41-31-15-13-25-28(38)20-34(6,43-33(25)27(31)11-8-2)17-16-29(22(4)36)42-23(5)37/h12-15,22,29,36,39H,7-11,16-20H2,1-6H3. The lowest BCUT2D eigenvalue weighted by Crippen LogP contribution is -2.41. The maximum absolute atomic E-state index is 13.2. The number of aliphatic hydroxyl groups is 1. The fourth-order valence-corrected chi connectivity index (χ4v) is 5.44. The molecule has 0 fully saturated rings. The number of carbonyl (C=O) groups excluding carboxylic acids is 3. The van der Waals surface area contributed by atoms with Gasteiger partial charge in [-0.15, -0.1) is 0 Å². The van der Waals surface area contributed by atoms with Gasteiger partial charge in [0, 0.05) is 24.5 Å². The van der Waals surface area contributed by atoms with Gasteiger partial charge in [-0.05, 0) is 70.7 Å². The molecule has 0 radical (unpaired) electrons. The van der Waals surface area contributed by atoms with Crippen LogP contribution >= 0.6 is 0 Å². The van der Waals surface area contributed by atoms with Crippen LogP contribution in [0.5, 0.6) is 23.0 Å². The quantitative estimate of drug-likeness (QED) is 0.132. The number of hydrogen-bond donors (Lipinski definition) is 2. The number of ether oxygens (including phenoxy) is 4. The molecule has 0 saturated carbocycles. The van der Waals surface area contributed by atoms with E-state index < -0.39 is 23.8 Å². The third kappa shape index (κ3) is 8.72. The first-order valence-electron chi connectivity index (χ1n) is 15.3. The molecule has 43 heavy (non-hydrogen) atoms. The summed E-state index contributed by atoms with van der Waals surface area (Å²) in [4.78, 5) is 36.5. The minimum Gasteiger partial charge on any atom is -0.507 e. The van der Waals surface area contributed by atoms with E-state index in [9.17, 15) is 24.6 Å². The Morgan fingerprint density at radius 2 is 1.60 bits per heavy atom. The zero-order chi connectivity index (χ0) is 31.7. The Balaban J connectivity index is 1.70. The second-order valence-corrected chi connectivity index (χ2v) is 11.5. The number of aliphatic hydroxyl groups excluding tert-OH is 1. The summed E-state index contributed by atoms with van der Waals surface area (Å²) in [5, 5.41) is 20.6. The van der Waals surface area contributed by atoms with Gasteiger partial charge in [-0.25, -0.2) is 0 Å². The first-order chi connectivity index (χ1) is 20.4. The summed E-state index contributed by atoms with van der Waals surface area (Å²) in [6, 6.07) is 6.88. The lowest BCUT2D eigenvalue weighted by Gasteiger charge is -2.37. The van der Waals surface area contributed by atoms with Crippen LogP contribution in [0, 0.1) is 0 Å². The highest BCUT2D eigenvalue weighted by Crippen LogP contribution is 2.42. The third-order valence-electron chi connectivity index (χ3n) is 7.64. The fraction of sp³-hybridized carbons (Fsp3) is 0.559. The number of aromatic hydroxyl groups is 1. The van der Waals surface area contributed by atoms with E-state index in [0.29, 0.717) is 79.3 Å². The SMILES string of the molecule is CCCc1c(OCCCOc2ccc3c(c2CCC)OC(C)(CCC(OC(C)=O)C(C)O)CC3=O)ccc(C(C)=O)c1O. The van der Waals surface area contributed by atoms with Crippen LogP contribution in [0.15, 0.2) is 24.3 Å². The molecule has 2 aromatic carbocycles. The second kappa shape index (κ2) is 15.2. The van der Waals surface area contributed by atoms with Crippen molar-refractivity contribution in [3.05, 3.63) is 46.5 Å². The van der Waals surface area contributed by atoms with Crippen LogP contribution in [0.2, 0.25) is 0 Å². The molecule has 9 heteroatoms. The van der Waals surface area contributed by atoms with Gasteiger partial charge in [-0.2, -0.15) is 0 Å². The minimum atomic E-state index is -0.845. The van der Waals surface area contributed by atoms with Crippen LogP contribution < -0.4 is 14.2 Å². The number of esters is 1. The molecule has 1 heterocycles. The van der Waals surface area contributed by atoms with Gasteiger partial charge in [0.2, 0.25) is 0 Å². The van der Waals surface area contributed by atoms with Crippen molar-refractivity contribution in [3.63, 3.8) is 0 Å². The highest BCUT2D eigenvalue weighted by molar-refractivity contribution is 6.01. The predicted octanol–water partition coefficient (Wildman–Crippen LogP) is 6.16. The number of hydrogen-bond acceptors (Lipinski definition) is 9. The van der Waals surface area contributed by atoms with Gasteiger partial charge in [0.1, 0.15) is 34.7 Å². The Morgan fingerprint density at radius 3 is 2.19 bits per heavy atom. The van der Waals surface area contributed by atoms with Crippen molar-refractivity contribution in [2.45, 2.75) is 111 Å². The van der Waals surface area contributed by atoms with Crippen LogP contribution in [-0.4, -0.2) is 58.8 Å². The molecule has 0 aliphatic carbocycles. The predicted molar refractivity (Wildman–Crippen MR) is 163 cm³/mol. The third-order valence-corrected chi connectivity index (χ3v) is 7.64. The normalized spacial score (nSPS) is 17.4. The van der Waals surface area contributed by atoms with Crippen molar-refractivity contribution in [2.24, 2.45) is 0 Å². The number of phenols is 1. The molecule has 1 aliphatic rings. The Kier molecular flexibility index (Phi) is 12.0. The van der Waals surface area contributed by atoms with Crippen molar-refractivity contribution in [3.8, 4) is 23.0 Å². The molecule has 2 aromatic rings. The molecule has 0 amide bonds. The molecule has 0 saturated heterocycles. The fourth-order valence-electron chi connectivity index (χ4n) is 5.44. The Labute approximate surface area is 254 Å². The monoisotopic (exact) mass is 598 g/mol. The van der Waals surface area contributed by atoms with Crippen LogP contribution in [0.4, 0.5) is 0 Å². The average Bonchev–Trinajstić information content (AvgIpc) is 2.93. The minimum absolute atomic E-state index is 0.0179. The zero-order valence-corrected chi connectivity index (χ0v) is 26.3. The topological polar surface area (TPSA) is 129 Å². The molecule has 0 spiro atoms. The van der Waals surface area contributed by atoms with E-state index in [2.05, 4.69) is 0 Å². The molecule has 2 N–H and O–H groups in total. The summed E-state index contributed by atoms with van der Waals surface area (Å²) >= 11 is 0. The molecular weight excluding hydrogens is 552 g/mol. The van der Waals surface area contributed by atoms with E-state index >= 15 is 0 Å². The van der Waals surface area contributed by atoms with Crippen molar-refractivity contribution in [2.75, 3.05) is 13.2 Å². The molecular formula is C34H46O9. The van der Waals surface area contributed by atoms with Crippen molar-refractivity contribution >= 4 is 17.5 Å². The zero-order valence-electron chi connectivity index (χ0n) is 26.3. The molecule has 3 unspecified atom stereocenters.